The summed E-state index contributed by atoms with van der Waals surface area (Å²) < 4.78 is 26.1. The molecule has 4 atom stereocenters. The third-order valence-electron chi connectivity index (χ3n) is 6.78. The number of aliphatic hydroxyl groups excluding tert-OH is 3. The number of carbonyl (C=O) groups is 2. The van der Waals surface area contributed by atoms with E-state index in [0.29, 0.717) is 22.6 Å². The number of hydrogen-bond donors (Lipinski definition) is 4. The number of amides is 2. The Bertz CT molecular complexity index is 1200. The molecule has 2 aromatic carbocycles. The van der Waals surface area contributed by atoms with Crippen LogP contribution in [0.25, 0.3) is 0 Å². The Kier molecular flexibility index (Phi) is 8.11. The zero-order valence-corrected chi connectivity index (χ0v) is 20.7. The predicted molar refractivity (Wildman–Crippen MR) is 131 cm³/mol. The minimum atomic E-state index is -1.27. The van der Waals surface area contributed by atoms with E-state index in [0.717, 1.165) is 0 Å². The number of methoxy groups -OCH3 is 1. The molecule has 2 amide bonds. The minimum Gasteiger partial charge on any atom is -0.493 e. The molecule has 2 aliphatic rings. The summed E-state index contributed by atoms with van der Waals surface area (Å²) in [6.07, 6.45) is -0.615. The SMILES string of the molecule is CCC(=O)N(Cc1ccccc1F)[C@@H]1C=C(C(=O)NCCO)[C@@H]2c3cc(CO)cc(OC)c3O[C@@H]2[C@H]1O. The van der Waals surface area contributed by atoms with Gasteiger partial charge in [-0.3, -0.25) is 9.59 Å². The first kappa shape index (κ1) is 26.6. The molecule has 0 fully saturated rings. The first-order chi connectivity index (χ1) is 17.8. The minimum absolute atomic E-state index is 0.00132. The number of hydrogen-bond acceptors (Lipinski definition) is 7. The van der Waals surface area contributed by atoms with Gasteiger partial charge in [-0.15, -0.1) is 0 Å². The average molecular weight is 515 g/mol. The molecule has 0 spiro atoms. The van der Waals surface area contributed by atoms with Crippen molar-refractivity contribution in [2.24, 2.45) is 0 Å². The number of fused-ring (bicyclic) bond motifs is 3. The highest BCUT2D eigenvalue weighted by atomic mass is 19.1. The van der Waals surface area contributed by atoms with E-state index in [2.05, 4.69) is 5.32 Å². The monoisotopic (exact) mass is 514 g/mol. The number of aliphatic hydroxyl groups is 3. The normalized spacial score (nSPS) is 21.8. The van der Waals surface area contributed by atoms with Crippen molar-refractivity contribution in [2.75, 3.05) is 20.3 Å². The Balaban J connectivity index is 1.82. The predicted octanol–water partition coefficient (Wildman–Crippen LogP) is 1.39. The summed E-state index contributed by atoms with van der Waals surface area (Å²) in [6.45, 7) is 0.995. The standard InChI is InChI=1S/C27H31FN2O7/c1-3-22(33)30(13-16-6-4-5-7-19(16)28)20-12-18(27(35)29-8-9-31)23-17-10-15(14-32)11-21(36-2)25(17)37-26(23)24(20)34/h4-7,10-12,20,23-24,26,31-32,34H,3,8-9,13-14H2,1-2H3,(H,29,35)/t20-,23+,24+,26+/m1/s1. The van der Waals surface area contributed by atoms with E-state index in [1.54, 1.807) is 37.3 Å². The summed E-state index contributed by atoms with van der Waals surface area (Å²) in [4.78, 5) is 27.7. The van der Waals surface area contributed by atoms with Gasteiger partial charge in [0.05, 0.1) is 32.3 Å². The van der Waals surface area contributed by atoms with Crippen LogP contribution in [0.2, 0.25) is 0 Å². The fraction of sp³-hybridized carbons (Fsp3) is 0.407. The van der Waals surface area contributed by atoms with Crippen molar-refractivity contribution >= 4 is 11.8 Å². The smallest absolute Gasteiger partial charge is 0.247 e. The van der Waals surface area contributed by atoms with E-state index in [9.17, 15) is 29.3 Å². The summed E-state index contributed by atoms with van der Waals surface area (Å²) >= 11 is 0. The van der Waals surface area contributed by atoms with Crippen molar-refractivity contribution in [3.05, 3.63) is 70.6 Å². The van der Waals surface area contributed by atoms with Gasteiger partial charge in [0, 0.05) is 36.2 Å². The van der Waals surface area contributed by atoms with Gasteiger partial charge >= 0.3 is 0 Å². The van der Waals surface area contributed by atoms with E-state index in [1.807, 2.05) is 0 Å². The molecule has 0 aromatic heterocycles. The second-order valence-electron chi connectivity index (χ2n) is 8.98. The average Bonchev–Trinajstić information content (AvgIpc) is 3.31. The Morgan fingerprint density at radius 1 is 1.22 bits per heavy atom. The van der Waals surface area contributed by atoms with Crippen LogP contribution in [0.1, 0.15) is 36.0 Å². The maximum atomic E-state index is 14.5. The van der Waals surface area contributed by atoms with Gasteiger partial charge in [-0.05, 0) is 29.8 Å². The number of rotatable bonds is 9. The first-order valence-electron chi connectivity index (χ1n) is 12.1. The fourth-order valence-electron chi connectivity index (χ4n) is 4.99. The molecule has 10 heteroatoms. The highest BCUT2D eigenvalue weighted by Crippen LogP contribution is 2.51. The van der Waals surface area contributed by atoms with Gasteiger partial charge in [0.1, 0.15) is 18.0 Å². The molecule has 9 nitrogen and oxygen atoms in total. The summed E-state index contributed by atoms with van der Waals surface area (Å²) in [7, 11) is 1.45. The molecule has 0 saturated heterocycles. The van der Waals surface area contributed by atoms with E-state index < -0.39 is 35.9 Å². The van der Waals surface area contributed by atoms with Gasteiger partial charge in [-0.2, -0.15) is 0 Å². The molecule has 37 heavy (non-hydrogen) atoms. The molecule has 0 radical (unpaired) electrons. The zero-order valence-electron chi connectivity index (χ0n) is 20.7. The molecule has 2 aromatic rings. The number of halogens is 1. The Labute approximate surface area is 214 Å². The fourth-order valence-corrected chi connectivity index (χ4v) is 4.99. The second-order valence-corrected chi connectivity index (χ2v) is 8.98. The van der Waals surface area contributed by atoms with Crippen molar-refractivity contribution < 1.29 is 38.8 Å². The highest BCUT2D eigenvalue weighted by molar-refractivity contribution is 5.96. The van der Waals surface area contributed by atoms with Crippen LogP contribution >= 0.6 is 0 Å². The summed E-state index contributed by atoms with van der Waals surface area (Å²) in [5.41, 5.74) is 1.59. The molecular weight excluding hydrogens is 483 g/mol. The number of benzene rings is 2. The number of nitrogens with one attached hydrogen (secondary N) is 1. The molecule has 1 aliphatic heterocycles. The molecule has 0 saturated carbocycles. The van der Waals surface area contributed by atoms with Crippen LogP contribution in [-0.4, -0.2) is 70.5 Å². The van der Waals surface area contributed by atoms with Crippen LogP contribution in [0.4, 0.5) is 4.39 Å². The Hall–Kier alpha value is -3.47. The third-order valence-corrected chi connectivity index (χ3v) is 6.78. The van der Waals surface area contributed by atoms with Crippen LogP contribution in [0, 0.1) is 5.82 Å². The molecule has 1 aliphatic carbocycles. The number of nitrogens with zero attached hydrogens (tertiary/aromatic N) is 1. The van der Waals surface area contributed by atoms with Crippen molar-refractivity contribution in [3.63, 3.8) is 0 Å². The van der Waals surface area contributed by atoms with Gasteiger partial charge in [0.15, 0.2) is 11.5 Å². The number of ether oxygens (including phenoxy) is 2. The summed E-state index contributed by atoms with van der Waals surface area (Å²) in [6, 6.07) is 8.36. The third kappa shape index (κ3) is 5.04. The lowest BCUT2D eigenvalue weighted by Crippen LogP contribution is -2.55. The maximum absolute atomic E-state index is 14.5. The molecule has 0 bridgehead atoms. The van der Waals surface area contributed by atoms with Gasteiger partial charge in [0.2, 0.25) is 11.8 Å². The number of carbonyl (C=O) groups excluding carboxylic acids is 2. The topological polar surface area (TPSA) is 129 Å². The molecule has 0 unspecified atom stereocenters. The summed E-state index contributed by atoms with van der Waals surface area (Å²) in [5, 5.41) is 33.2. The van der Waals surface area contributed by atoms with E-state index in [4.69, 9.17) is 9.47 Å². The summed E-state index contributed by atoms with van der Waals surface area (Å²) in [5.74, 6) is -1.39. The maximum Gasteiger partial charge on any atom is 0.247 e. The van der Waals surface area contributed by atoms with Crippen LogP contribution in [-0.2, 0) is 22.7 Å². The zero-order chi connectivity index (χ0) is 26.7. The second kappa shape index (κ2) is 11.3. The molecule has 4 rings (SSSR count). The lowest BCUT2D eigenvalue weighted by atomic mass is 9.77. The lowest BCUT2D eigenvalue weighted by molar-refractivity contribution is -0.137. The largest absolute Gasteiger partial charge is 0.493 e. The van der Waals surface area contributed by atoms with Crippen LogP contribution in [0.5, 0.6) is 11.5 Å². The van der Waals surface area contributed by atoms with E-state index >= 15 is 0 Å². The van der Waals surface area contributed by atoms with Crippen LogP contribution in [0.3, 0.4) is 0 Å². The highest BCUT2D eigenvalue weighted by Gasteiger charge is 2.51. The van der Waals surface area contributed by atoms with Crippen molar-refractivity contribution in [3.8, 4) is 11.5 Å². The van der Waals surface area contributed by atoms with Crippen molar-refractivity contribution in [1.82, 2.24) is 10.2 Å². The van der Waals surface area contributed by atoms with Crippen LogP contribution < -0.4 is 14.8 Å². The molecular formula is C27H31FN2O7. The Morgan fingerprint density at radius 2 is 1.97 bits per heavy atom. The lowest BCUT2D eigenvalue weighted by Gasteiger charge is -2.40. The first-order valence-corrected chi connectivity index (χ1v) is 12.1. The van der Waals surface area contributed by atoms with E-state index in [-0.39, 0.29) is 49.8 Å². The van der Waals surface area contributed by atoms with Gasteiger partial charge < -0.3 is 35.0 Å². The molecule has 4 N–H and O–H groups in total. The molecule has 198 valence electrons. The molecule has 1 heterocycles. The van der Waals surface area contributed by atoms with E-state index in [1.165, 1.54) is 24.2 Å². The van der Waals surface area contributed by atoms with Crippen LogP contribution in [0.15, 0.2) is 48.0 Å². The quantitative estimate of drug-likeness (QED) is 0.398. The van der Waals surface area contributed by atoms with Gasteiger partial charge in [-0.1, -0.05) is 25.1 Å². The van der Waals surface area contributed by atoms with Gasteiger partial charge in [0.25, 0.3) is 0 Å². The van der Waals surface area contributed by atoms with Gasteiger partial charge in [-0.25, -0.2) is 4.39 Å². The van der Waals surface area contributed by atoms with Crippen molar-refractivity contribution in [2.45, 2.75) is 50.7 Å². The Morgan fingerprint density at radius 3 is 2.62 bits per heavy atom. The van der Waals surface area contributed by atoms with Crippen molar-refractivity contribution in [1.29, 1.82) is 0 Å².